The second kappa shape index (κ2) is 12.0. The molecular weight excluding hydrogens is 544 g/mol. The Morgan fingerprint density at radius 1 is 1.18 bits per heavy atom. The average Bonchev–Trinajstić information content (AvgIpc) is 3.51. The maximum Gasteiger partial charge on any atom is 0.277 e. The largest absolute Gasteiger partial charge is 0.392 e. The van der Waals surface area contributed by atoms with E-state index in [1.54, 1.807) is 18.4 Å². The Labute approximate surface area is 242 Å². The fraction of sp³-hybridized carbons (Fsp3) is 0.300. The second-order valence-corrected chi connectivity index (χ2v) is 11.6. The van der Waals surface area contributed by atoms with Crippen molar-refractivity contribution in [2.24, 2.45) is 10.7 Å². The molecule has 4 aromatic rings. The van der Waals surface area contributed by atoms with Crippen molar-refractivity contribution in [1.29, 1.82) is 0 Å². The molecule has 1 saturated heterocycles. The van der Waals surface area contributed by atoms with Crippen molar-refractivity contribution in [3.63, 3.8) is 0 Å². The lowest BCUT2D eigenvalue weighted by Gasteiger charge is -2.38. The van der Waals surface area contributed by atoms with Gasteiger partial charge in [0.15, 0.2) is 0 Å². The first-order valence-corrected chi connectivity index (χ1v) is 14.4. The number of nitrogens with zero attached hydrogens (tertiary/aromatic N) is 4. The molecule has 5 rings (SSSR count). The van der Waals surface area contributed by atoms with Crippen molar-refractivity contribution in [3.05, 3.63) is 104 Å². The number of benzene rings is 2. The fourth-order valence-electron chi connectivity index (χ4n) is 5.09. The molecule has 1 fully saturated rings. The van der Waals surface area contributed by atoms with Gasteiger partial charge in [-0.1, -0.05) is 54.1 Å². The zero-order chi connectivity index (χ0) is 28.3. The first kappa shape index (κ1) is 28.2. The van der Waals surface area contributed by atoms with Gasteiger partial charge in [-0.3, -0.25) is 19.3 Å². The highest BCUT2D eigenvalue weighted by Crippen LogP contribution is 2.31. The summed E-state index contributed by atoms with van der Waals surface area (Å²) in [6.45, 7) is 2.62. The molecule has 40 heavy (non-hydrogen) atoms. The number of anilines is 1. The molecule has 2 aromatic carbocycles. The third-order valence-corrected chi connectivity index (χ3v) is 8.76. The Hall–Kier alpha value is -3.34. The van der Waals surface area contributed by atoms with E-state index in [2.05, 4.69) is 38.5 Å². The predicted octanol–water partition coefficient (Wildman–Crippen LogP) is 4.16. The van der Waals surface area contributed by atoms with Crippen LogP contribution in [0.2, 0.25) is 5.02 Å². The van der Waals surface area contributed by atoms with Crippen molar-refractivity contribution in [2.45, 2.75) is 38.1 Å². The summed E-state index contributed by atoms with van der Waals surface area (Å²) in [5.74, 6) is 0. The van der Waals surface area contributed by atoms with E-state index in [1.807, 2.05) is 36.4 Å². The van der Waals surface area contributed by atoms with Crippen molar-refractivity contribution < 1.29 is 5.11 Å². The van der Waals surface area contributed by atoms with Crippen LogP contribution in [0.25, 0.3) is 10.4 Å². The lowest BCUT2D eigenvalue weighted by Crippen LogP contribution is -2.48. The molecule has 1 aliphatic heterocycles. The standard InChI is InChI=1S/C30H33ClN6O2S/c1-34-27(21-6-4-20(16-32)5-7-21)28-26(33)29(38)37(19-35-28)18-30(39)10-12-36(13-11-30)17-23-9-8-22(15-24(23)31)25-3-2-14-40-25/h2-9,14-15,19,39H,10-13,16-18,32-33H2,1H3. The van der Waals surface area contributed by atoms with Gasteiger partial charge in [0.2, 0.25) is 0 Å². The Balaban J connectivity index is 1.24. The van der Waals surface area contributed by atoms with Gasteiger partial charge in [-0.2, -0.15) is 0 Å². The lowest BCUT2D eigenvalue weighted by molar-refractivity contribution is -0.0365. The topological polar surface area (TPSA) is 123 Å². The van der Waals surface area contributed by atoms with Crippen LogP contribution in [0.5, 0.6) is 0 Å². The van der Waals surface area contributed by atoms with Gasteiger partial charge in [-0.05, 0) is 47.0 Å². The highest BCUT2D eigenvalue weighted by Gasteiger charge is 2.33. The molecule has 0 radical (unpaired) electrons. The third-order valence-electron chi connectivity index (χ3n) is 7.49. The van der Waals surface area contributed by atoms with Crippen molar-refractivity contribution in [2.75, 3.05) is 25.9 Å². The smallest absolute Gasteiger partial charge is 0.277 e. The number of hydrogen-bond acceptors (Lipinski definition) is 8. The van der Waals surface area contributed by atoms with Crippen LogP contribution in [0.15, 0.2) is 76.1 Å². The van der Waals surface area contributed by atoms with Gasteiger partial charge in [-0.25, -0.2) is 4.98 Å². The van der Waals surface area contributed by atoms with E-state index in [9.17, 15) is 9.90 Å². The molecule has 0 amide bonds. The first-order valence-electron chi connectivity index (χ1n) is 13.2. The Bertz CT molecular complexity index is 1560. The number of hydrogen-bond donors (Lipinski definition) is 3. The van der Waals surface area contributed by atoms with Crippen LogP contribution in [-0.4, -0.2) is 51.0 Å². The number of rotatable bonds is 8. The highest BCUT2D eigenvalue weighted by molar-refractivity contribution is 7.13. The molecule has 0 atom stereocenters. The normalized spacial score (nSPS) is 15.8. The molecule has 0 aliphatic carbocycles. The maximum absolute atomic E-state index is 13.2. The number of aliphatic hydroxyl groups is 1. The number of nitrogen functional groups attached to an aromatic ring is 1. The van der Waals surface area contributed by atoms with E-state index in [4.69, 9.17) is 23.1 Å². The molecule has 208 valence electrons. The van der Waals surface area contributed by atoms with Gasteiger partial charge in [0.05, 0.1) is 24.2 Å². The molecule has 3 heterocycles. The van der Waals surface area contributed by atoms with Crippen molar-refractivity contribution in [1.82, 2.24) is 14.5 Å². The minimum Gasteiger partial charge on any atom is -0.392 e. The van der Waals surface area contributed by atoms with E-state index in [1.165, 1.54) is 15.8 Å². The summed E-state index contributed by atoms with van der Waals surface area (Å²) >= 11 is 8.31. The molecule has 5 N–H and O–H groups in total. The Morgan fingerprint density at radius 3 is 2.55 bits per heavy atom. The Kier molecular flexibility index (Phi) is 8.48. The Morgan fingerprint density at radius 2 is 1.93 bits per heavy atom. The first-order chi connectivity index (χ1) is 19.3. The van der Waals surface area contributed by atoms with Gasteiger partial charge in [-0.15, -0.1) is 11.3 Å². The molecule has 2 aromatic heterocycles. The zero-order valence-electron chi connectivity index (χ0n) is 22.4. The average molecular weight is 577 g/mol. The van der Waals surface area contributed by atoms with E-state index in [-0.39, 0.29) is 12.2 Å². The predicted molar refractivity (Wildman–Crippen MR) is 163 cm³/mol. The number of piperidine rings is 1. The van der Waals surface area contributed by atoms with E-state index in [0.717, 1.165) is 27.3 Å². The number of likely N-dealkylation sites (tertiary alicyclic amines) is 1. The number of halogens is 1. The minimum absolute atomic E-state index is 0.00711. The maximum atomic E-state index is 13.2. The highest BCUT2D eigenvalue weighted by atomic mass is 35.5. The van der Waals surface area contributed by atoms with Crippen molar-refractivity contribution >= 4 is 34.3 Å². The number of aromatic nitrogens is 2. The van der Waals surface area contributed by atoms with Crippen LogP contribution in [0.3, 0.4) is 0 Å². The van der Waals surface area contributed by atoms with Crippen LogP contribution < -0.4 is 17.0 Å². The monoisotopic (exact) mass is 576 g/mol. The quantitative estimate of drug-likeness (QED) is 0.271. The SMILES string of the molecule is CN=C(c1ccc(CN)cc1)c1ncn(CC2(O)CCN(Cc3ccc(-c4cccs4)cc3Cl)CC2)c(=O)c1N. The van der Waals surface area contributed by atoms with Crippen LogP contribution >= 0.6 is 22.9 Å². The fourth-order valence-corrected chi connectivity index (χ4v) is 6.06. The second-order valence-electron chi connectivity index (χ2n) is 10.2. The molecule has 1 aliphatic rings. The number of thiophene rings is 1. The molecule has 0 spiro atoms. The summed E-state index contributed by atoms with van der Waals surface area (Å²) in [5.41, 5.74) is 15.4. The van der Waals surface area contributed by atoms with Crippen LogP contribution in [0, 0.1) is 0 Å². The summed E-state index contributed by atoms with van der Waals surface area (Å²) < 4.78 is 1.40. The molecule has 10 heteroatoms. The van der Waals surface area contributed by atoms with Crippen LogP contribution in [0.4, 0.5) is 5.69 Å². The van der Waals surface area contributed by atoms with Gasteiger partial charge in [0.1, 0.15) is 11.4 Å². The van der Waals surface area contributed by atoms with E-state index >= 15 is 0 Å². The third kappa shape index (κ3) is 6.04. The summed E-state index contributed by atoms with van der Waals surface area (Å²) in [4.78, 5) is 25.5. The van der Waals surface area contributed by atoms with Crippen LogP contribution in [-0.2, 0) is 19.6 Å². The molecular formula is C30H33ClN6O2S. The minimum atomic E-state index is -1.04. The molecule has 8 nitrogen and oxygen atoms in total. The zero-order valence-corrected chi connectivity index (χ0v) is 24.0. The van der Waals surface area contributed by atoms with E-state index in [0.29, 0.717) is 50.4 Å². The van der Waals surface area contributed by atoms with Gasteiger partial charge in [0.25, 0.3) is 5.56 Å². The van der Waals surface area contributed by atoms with Crippen molar-refractivity contribution in [3.8, 4) is 10.4 Å². The van der Waals surface area contributed by atoms with Gasteiger partial charge >= 0.3 is 0 Å². The number of aliphatic imine (C=N–C) groups is 1. The summed E-state index contributed by atoms with van der Waals surface area (Å²) in [5, 5.41) is 14.2. The molecule has 0 bridgehead atoms. The lowest BCUT2D eigenvalue weighted by atomic mass is 9.91. The van der Waals surface area contributed by atoms with Gasteiger partial charge < -0.3 is 16.6 Å². The summed E-state index contributed by atoms with van der Waals surface area (Å²) in [6.07, 6.45) is 2.48. The van der Waals surface area contributed by atoms with Crippen LogP contribution in [0.1, 0.15) is 35.2 Å². The van der Waals surface area contributed by atoms with Gasteiger partial charge in [0, 0.05) is 48.7 Å². The summed E-state index contributed by atoms with van der Waals surface area (Å²) in [7, 11) is 1.64. The van der Waals surface area contributed by atoms with E-state index < -0.39 is 11.2 Å². The summed E-state index contributed by atoms with van der Waals surface area (Å²) in [6, 6.07) is 17.9. The number of nitrogens with two attached hydrogens (primary N) is 2. The molecule has 0 saturated carbocycles. The molecule has 0 unspecified atom stereocenters.